The standard InChI is InChI=1S/C41H51F3N10O5S/c1-23-20-51(21-24(2)52(23)22-34(56)47-31-8-6-7-28-35(49-50(5)36(28)31)29-13-14-33(55)48-37(29)57)15-16-59-27-11-9-25(10-12-27)54-39(60)53(38(58)40(54,3)4)26-17-30(41(42,43)44)32(18-45)46-19-26/h6-8,17,19,23-25,27,29,39,60H,9-16,20-22H2,1-5H3,(H,47,56)(H,48,55,57)/t23-,24+,25?,27?,29?,39?. The zero-order chi connectivity index (χ0) is 43.3. The predicted octanol–water partition coefficient (Wildman–Crippen LogP) is 4.38. The average molecular weight is 853 g/mol. The quantitative estimate of drug-likeness (QED) is 0.196. The van der Waals surface area contributed by atoms with Crippen molar-refractivity contribution in [2.75, 3.05) is 43.0 Å². The van der Waals surface area contributed by atoms with Gasteiger partial charge in [-0.25, -0.2) is 4.98 Å². The Morgan fingerprint density at radius 3 is 2.45 bits per heavy atom. The predicted molar refractivity (Wildman–Crippen MR) is 219 cm³/mol. The third-order valence-corrected chi connectivity index (χ3v) is 12.9. The second kappa shape index (κ2) is 17.0. The molecule has 3 saturated heterocycles. The van der Waals surface area contributed by atoms with Crippen molar-refractivity contribution in [2.45, 2.75) is 114 Å². The van der Waals surface area contributed by atoms with Crippen molar-refractivity contribution in [2.24, 2.45) is 7.05 Å². The highest BCUT2D eigenvalue weighted by molar-refractivity contribution is 7.81. The summed E-state index contributed by atoms with van der Waals surface area (Å²) < 4.78 is 49.2. The number of nitrogens with one attached hydrogen (secondary N) is 2. The number of nitrogens with zero attached hydrogens (tertiary/aromatic N) is 8. The maximum Gasteiger partial charge on any atom is 0.419 e. The molecule has 1 saturated carbocycles. The van der Waals surface area contributed by atoms with Gasteiger partial charge in [0.2, 0.25) is 23.6 Å². The van der Waals surface area contributed by atoms with E-state index in [4.69, 9.17) is 17.4 Å². The number of anilines is 2. The molecule has 19 heteroatoms. The second-order valence-corrected chi connectivity index (χ2v) is 17.3. The van der Waals surface area contributed by atoms with Crippen LogP contribution in [-0.4, -0.2) is 121 Å². The molecule has 4 atom stereocenters. The fourth-order valence-corrected chi connectivity index (χ4v) is 10.3. The molecule has 2 N–H and O–H groups in total. The van der Waals surface area contributed by atoms with Crippen molar-refractivity contribution in [3.8, 4) is 6.07 Å². The molecular formula is C41H51F3N10O5S. The summed E-state index contributed by atoms with van der Waals surface area (Å²) in [5.41, 5.74) is -1.98. The van der Waals surface area contributed by atoms with Gasteiger partial charge in [0, 0.05) is 56.6 Å². The Bertz CT molecular complexity index is 2190. The molecule has 4 aliphatic rings. The SMILES string of the molecule is C[C@@H]1CN(CCOC2CCC(N3C(S)N(c4cnc(C#N)c(C(F)(F)F)c4)C(=O)C3(C)C)CC2)C[C@H](C)N1CC(=O)Nc1cccc2c(C3CCC(=O)NC3=O)nn(C)c12. The number of piperazine rings is 1. The number of aromatic nitrogens is 3. The number of nitriles is 1. The van der Waals surface area contributed by atoms with Gasteiger partial charge in [-0.2, -0.15) is 23.5 Å². The Hall–Kier alpha value is -4.61. The smallest absolute Gasteiger partial charge is 0.377 e. The number of alkyl halides is 3. The minimum Gasteiger partial charge on any atom is -0.377 e. The van der Waals surface area contributed by atoms with E-state index in [1.807, 2.05) is 23.1 Å². The number of piperidine rings is 1. The molecule has 4 fully saturated rings. The van der Waals surface area contributed by atoms with Gasteiger partial charge in [-0.15, -0.1) is 12.6 Å². The first kappa shape index (κ1) is 43.5. The van der Waals surface area contributed by atoms with Crippen LogP contribution >= 0.6 is 12.6 Å². The summed E-state index contributed by atoms with van der Waals surface area (Å²) >= 11 is 4.74. The molecule has 0 bridgehead atoms. The average Bonchev–Trinajstić information content (AvgIpc) is 3.61. The van der Waals surface area contributed by atoms with Crippen molar-refractivity contribution in [3.63, 3.8) is 0 Å². The Morgan fingerprint density at radius 2 is 1.80 bits per heavy atom. The molecule has 4 amide bonds. The number of hydrogen-bond acceptors (Lipinski definition) is 12. The van der Waals surface area contributed by atoms with Crippen molar-refractivity contribution in [1.82, 2.24) is 34.8 Å². The van der Waals surface area contributed by atoms with Crippen molar-refractivity contribution in [3.05, 3.63) is 47.4 Å². The summed E-state index contributed by atoms with van der Waals surface area (Å²) in [7, 11) is 1.77. The first-order chi connectivity index (χ1) is 28.4. The fourth-order valence-electron chi connectivity index (χ4n) is 9.54. The third kappa shape index (κ3) is 8.49. The zero-order valence-corrected chi connectivity index (χ0v) is 35.2. The van der Waals surface area contributed by atoms with Crippen LogP contribution in [-0.2, 0) is 37.1 Å². The lowest BCUT2D eigenvalue weighted by molar-refractivity contribution is -0.138. The molecule has 3 aliphatic heterocycles. The van der Waals surface area contributed by atoms with Gasteiger partial charge in [-0.3, -0.25) is 48.8 Å². The van der Waals surface area contributed by atoms with Crippen molar-refractivity contribution < 1.29 is 37.1 Å². The largest absolute Gasteiger partial charge is 0.419 e. The second-order valence-electron chi connectivity index (χ2n) is 16.9. The Kier molecular flexibility index (Phi) is 12.3. The first-order valence-corrected chi connectivity index (χ1v) is 20.9. The summed E-state index contributed by atoms with van der Waals surface area (Å²) in [6, 6.07) is 7.95. The monoisotopic (exact) mass is 852 g/mol. The molecule has 2 aromatic heterocycles. The number of benzene rings is 1. The Labute approximate surface area is 351 Å². The summed E-state index contributed by atoms with van der Waals surface area (Å²) in [5, 5.41) is 20.0. The molecule has 60 heavy (non-hydrogen) atoms. The molecule has 7 rings (SSSR count). The van der Waals surface area contributed by atoms with Crippen LogP contribution in [0.2, 0.25) is 0 Å². The molecule has 0 spiro atoms. The van der Waals surface area contributed by atoms with Crippen LogP contribution in [0.1, 0.15) is 89.1 Å². The lowest BCUT2D eigenvalue weighted by Gasteiger charge is -2.44. The Balaban J connectivity index is 0.883. The maximum atomic E-state index is 13.7. The normalized spacial score (nSPS) is 27.0. The molecular weight excluding hydrogens is 802 g/mol. The van der Waals surface area contributed by atoms with Crippen molar-refractivity contribution >= 4 is 58.5 Å². The number of fused-ring (bicyclic) bond motifs is 1. The van der Waals surface area contributed by atoms with Gasteiger partial charge in [0.15, 0.2) is 5.69 Å². The number of hydrogen-bond donors (Lipinski definition) is 3. The molecule has 5 heterocycles. The van der Waals surface area contributed by atoms with E-state index in [2.05, 4.69) is 44.4 Å². The number of halogens is 3. The first-order valence-electron chi connectivity index (χ1n) is 20.3. The number of pyridine rings is 1. The third-order valence-electron chi connectivity index (χ3n) is 12.5. The maximum absolute atomic E-state index is 13.7. The van der Waals surface area contributed by atoms with Crippen LogP contribution in [0.5, 0.6) is 0 Å². The number of imide groups is 1. The van der Waals surface area contributed by atoms with E-state index in [1.54, 1.807) is 25.6 Å². The van der Waals surface area contributed by atoms with E-state index >= 15 is 0 Å². The number of carbonyl (C=O) groups excluding carboxylic acids is 4. The van der Waals surface area contributed by atoms with E-state index in [1.165, 1.54) is 11.0 Å². The molecule has 1 aliphatic carbocycles. The number of aryl methyl sites for hydroxylation is 1. The number of thiol groups is 1. The molecule has 15 nitrogen and oxygen atoms in total. The molecule has 322 valence electrons. The highest BCUT2D eigenvalue weighted by Crippen LogP contribution is 2.43. The van der Waals surface area contributed by atoms with Crippen LogP contribution in [0.25, 0.3) is 10.9 Å². The molecule has 2 unspecified atom stereocenters. The van der Waals surface area contributed by atoms with Crippen LogP contribution in [0.15, 0.2) is 30.5 Å². The van der Waals surface area contributed by atoms with Gasteiger partial charge < -0.3 is 10.1 Å². The highest BCUT2D eigenvalue weighted by atomic mass is 32.1. The molecule has 1 aromatic carbocycles. The minimum absolute atomic E-state index is 0.0259. The Morgan fingerprint density at radius 1 is 1.10 bits per heavy atom. The van der Waals surface area contributed by atoms with Gasteiger partial charge in [0.05, 0.1) is 65.1 Å². The van der Waals surface area contributed by atoms with Crippen LogP contribution in [0, 0.1) is 11.3 Å². The number of ether oxygens (including phenoxy) is 1. The zero-order valence-electron chi connectivity index (χ0n) is 34.3. The summed E-state index contributed by atoms with van der Waals surface area (Å²) in [4.78, 5) is 62.9. The summed E-state index contributed by atoms with van der Waals surface area (Å²) in [6.07, 6.45) is -0.0974. The van der Waals surface area contributed by atoms with Gasteiger partial charge in [-0.1, -0.05) is 12.1 Å². The van der Waals surface area contributed by atoms with Crippen LogP contribution in [0.4, 0.5) is 24.5 Å². The van der Waals surface area contributed by atoms with Gasteiger partial charge in [-0.05, 0) is 71.9 Å². The summed E-state index contributed by atoms with van der Waals surface area (Å²) in [5.74, 6) is -1.74. The number of rotatable bonds is 10. The van der Waals surface area contributed by atoms with E-state index in [0.717, 1.165) is 63.0 Å². The van der Waals surface area contributed by atoms with Crippen LogP contribution in [0.3, 0.4) is 0 Å². The van der Waals surface area contributed by atoms with Gasteiger partial charge in [0.25, 0.3) is 0 Å². The minimum atomic E-state index is -4.81. The number of para-hydroxylation sites is 1. The van der Waals surface area contributed by atoms with Gasteiger partial charge >= 0.3 is 6.18 Å². The number of carbonyl (C=O) groups is 4. The molecule has 0 radical (unpaired) electrons. The van der Waals surface area contributed by atoms with E-state index in [0.29, 0.717) is 29.9 Å². The fraction of sp³-hybridized carbons (Fsp3) is 0.585. The summed E-state index contributed by atoms with van der Waals surface area (Å²) in [6.45, 7) is 10.7. The number of amides is 4. The lowest BCUT2D eigenvalue weighted by atomic mass is 9.89. The van der Waals surface area contributed by atoms with E-state index < -0.39 is 40.3 Å². The molecule has 3 aromatic rings. The lowest BCUT2D eigenvalue weighted by Crippen LogP contribution is -2.58. The van der Waals surface area contributed by atoms with E-state index in [-0.39, 0.29) is 60.6 Å². The highest BCUT2D eigenvalue weighted by Gasteiger charge is 2.54. The topological polar surface area (TPSA) is 169 Å². The van der Waals surface area contributed by atoms with Gasteiger partial charge in [0.1, 0.15) is 11.6 Å². The van der Waals surface area contributed by atoms with Crippen LogP contribution < -0.4 is 15.5 Å². The van der Waals surface area contributed by atoms with Crippen molar-refractivity contribution in [1.29, 1.82) is 5.26 Å². The van der Waals surface area contributed by atoms with E-state index in [9.17, 15) is 37.6 Å².